The van der Waals surface area contributed by atoms with Crippen molar-refractivity contribution in [3.8, 4) is 0 Å². The summed E-state index contributed by atoms with van der Waals surface area (Å²) in [5.41, 5.74) is 0.975. The molecule has 0 saturated carbocycles. The van der Waals surface area contributed by atoms with Crippen molar-refractivity contribution >= 4 is 35.2 Å². The second kappa shape index (κ2) is 14.3. The first kappa shape index (κ1) is 34.2. The van der Waals surface area contributed by atoms with Crippen molar-refractivity contribution in [1.82, 2.24) is 15.4 Å². The Balaban J connectivity index is 1.47. The van der Waals surface area contributed by atoms with Crippen LogP contribution in [0.2, 0.25) is 0 Å². The van der Waals surface area contributed by atoms with Crippen molar-refractivity contribution < 1.29 is 37.6 Å². The number of carbonyl (C=O) groups excluding carboxylic acids is 5. The Morgan fingerprint density at radius 3 is 2.56 bits per heavy atom. The van der Waals surface area contributed by atoms with Crippen molar-refractivity contribution in [3.05, 3.63) is 95.1 Å². The van der Waals surface area contributed by atoms with Gasteiger partial charge >= 0.3 is 5.97 Å². The van der Waals surface area contributed by atoms with Crippen LogP contribution in [0.5, 0.6) is 0 Å². The number of hydrogen-bond donors (Lipinski definition) is 2. The molecule has 12 heteroatoms. The highest BCUT2D eigenvalue weighted by Gasteiger charge is 2.55. The van der Waals surface area contributed by atoms with Gasteiger partial charge in [-0.2, -0.15) is 0 Å². The van der Waals surface area contributed by atoms with Crippen molar-refractivity contribution in [2.24, 2.45) is 11.8 Å². The van der Waals surface area contributed by atoms with Gasteiger partial charge in [-0.25, -0.2) is 9.18 Å². The molecule has 3 heterocycles. The lowest BCUT2D eigenvalue weighted by Crippen LogP contribution is -2.47. The summed E-state index contributed by atoms with van der Waals surface area (Å²) in [5.74, 6) is -3.50. The molecule has 0 radical (unpaired) electrons. The van der Waals surface area contributed by atoms with Gasteiger partial charge in [0.2, 0.25) is 11.8 Å². The van der Waals surface area contributed by atoms with E-state index in [0.717, 1.165) is 5.56 Å². The largest absolute Gasteiger partial charge is 0.463 e. The van der Waals surface area contributed by atoms with Gasteiger partial charge < -0.3 is 24.8 Å². The zero-order chi connectivity index (χ0) is 34.6. The van der Waals surface area contributed by atoms with E-state index in [1.165, 1.54) is 24.3 Å². The Kier molecular flexibility index (Phi) is 10.2. The summed E-state index contributed by atoms with van der Waals surface area (Å²) < 4.78 is 23.9. The summed E-state index contributed by atoms with van der Waals surface area (Å²) in [6.07, 6.45) is 2.86. The van der Waals surface area contributed by atoms with Gasteiger partial charge in [0.1, 0.15) is 11.6 Å². The highest BCUT2D eigenvalue weighted by molar-refractivity contribution is 6.07. The number of halogens is 1. The monoisotopic (exact) mass is 658 g/mol. The van der Waals surface area contributed by atoms with Crippen LogP contribution >= 0.6 is 0 Å². The number of rotatable bonds is 12. The number of anilines is 1. The third-order valence-electron chi connectivity index (χ3n) is 8.90. The average Bonchev–Trinajstić information content (AvgIpc) is 3.74. The first-order valence-electron chi connectivity index (χ1n) is 16.0. The quantitative estimate of drug-likeness (QED) is 0.216. The van der Waals surface area contributed by atoms with Crippen LogP contribution < -0.4 is 10.6 Å². The standard InChI is InChI=1S/C36H39FN4O7/c1-5-47-31(43)15-14-26-19-36(27-8-6-7-9-28(27)38-35(36)46)20-41(26)34(45)24(17-23-10-12-25(37)13-11-23)18-30(42)32(21(2)3)39-33(44)29-16-22(4)48-40-29/h6-16,21,24,26,32H,5,17-20H2,1-4H3,(H,38,46)(H,39,44)/b15-14+/t24-,26-,32+,36+/m1/s1. The van der Waals surface area contributed by atoms with Crippen molar-refractivity contribution in [2.45, 2.75) is 64.5 Å². The number of nitrogens with zero attached hydrogens (tertiary/aromatic N) is 2. The average molecular weight is 659 g/mol. The molecule has 0 aliphatic carbocycles. The molecule has 48 heavy (non-hydrogen) atoms. The fraction of sp³-hybridized carbons (Fsp3) is 0.389. The highest BCUT2D eigenvalue weighted by Crippen LogP contribution is 2.47. The summed E-state index contributed by atoms with van der Waals surface area (Å²) in [6, 6.07) is 12.8. The summed E-state index contributed by atoms with van der Waals surface area (Å²) in [7, 11) is 0. The molecular formula is C36H39FN4O7. The molecule has 1 spiro atoms. The lowest BCUT2D eigenvalue weighted by atomic mass is 9.79. The molecule has 2 aromatic carbocycles. The molecule has 252 valence electrons. The molecule has 1 aromatic heterocycles. The second-order valence-corrected chi connectivity index (χ2v) is 12.6. The van der Waals surface area contributed by atoms with Crippen LogP contribution in [0, 0.1) is 24.6 Å². The Morgan fingerprint density at radius 1 is 1.17 bits per heavy atom. The van der Waals surface area contributed by atoms with E-state index in [1.54, 1.807) is 56.9 Å². The summed E-state index contributed by atoms with van der Waals surface area (Å²) in [5, 5.41) is 9.40. The van der Waals surface area contributed by atoms with Gasteiger partial charge in [0, 0.05) is 36.7 Å². The van der Waals surface area contributed by atoms with Gasteiger partial charge in [-0.15, -0.1) is 0 Å². The van der Waals surface area contributed by atoms with E-state index in [2.05, 4.69) is 15.8 Å². The molecule has 2 N–H and O–H groups in total. The highest BCUT2D eigenvalue weighted by atomic mass is 19.1. The SMILES string of the molecule is CCOC(=O)/C=C/[C@@H]1C[C@@]2(CN1C(=O)[C@@H](CC(=O)[C@@H](NC(=O)c1cc(C)on1)C(C)C)Cc1ccc(F)cc1)C(=O)Nc1ccccc12. The predicted octanol–water partition coefficient (Wildman–Crippen LogP) is 4.30. The molecule has 1 fully saturated rings. The zero-order valence-electron chi connectivity index (χ0n) is 27.3. The number of nitrogens with one attached hydrogen (secondary N) is 2. The first-order valence-corrected chi connectivity index (χ1v) is 16.0. The smallest absolute Gasteiger partial charge is 0.330 e. The van der Waals surface area contributed by atoms with Crippen molar-refractivity contribution in [3.63, 3.8) is 0 Å². The summed E-state index contributed by atoms with van der Waals surface area (Å²) in [4.78, 5) is 68.9. The van der Waals surface area contributed by atoms with E-state index in [0.29, 0.717) is 17.0 Å². The van der Waals surface area contributed by atoms with Crippen LogP contribution in [0.4, 0.5) is 10.1 Å². The number of esters is 1. The number of aromatic nitrogens is 1. The number of likely N-dealkylation sites (tertiary alicyclic amines) is 1. The second-order valence-electron chi connectivity index (χ2n) is 12.6. The van der Waals surface area contributed by atoms with E-state index in [-0.39, 0.29) is 55.7 Å². The number of amides is 3. The maximum Gasteiger partial charge on any atom is 0.330 e. The van der Waals surface area contributed by atoms with Crippen LogP contribution in [-0.2, 0) is 35.8 Å². The molecule has 5 rings (SSSR count). The maximum atomic E-state index is 14.6. The number of carbonyl (C=O) groups is 5. The third-order valence-corrected chi connectivity index (χ3v) is 8.90. The van der Waals surface area contributed by atoms with Crippen LogP contribution in [-0.4, -0.2) is 64.8 Å². The van der Waals surface area contributed by atoms with Crippen LogP contribution in [0.25, 0.3) is 0 Å². The van der Waals surface area contributed by atoms with Gasteiger partial charge in [-0.1, -0.05) is 55.4 Å². The van der Waals surface area contributed by atoms with Gasteiger partial charge in [0.25, 0.3) is 5.91 Å². The first-order chi connectivity index (χ1) is 22.9. The molecule has 2 aliphatic heterocycles. The van der Waals surface area contributed by atoms with E-state index in [9.17, 15) is 28.4 Å². The number of para-hydroxylation sites is 1. The number of benzene rings is 2. The summed E-state index contributed by atoms with van der Waals surface area (Å²) >= 11 is 0. The Hall–Kier alpha value is -5.13. The minimum absolute atomic E-state index is 0.0104. The maximum absolute atomic E-state index is 14.6. The minimum atomic E-state index is -1.08. The lowest BCUT2D eigenvalue weighted by molar-refractivity contribution is -0.139. The molecule has 0 bridgehead atoms. The molecular weight excluding hydrogens is 619 g/mol. The van der Waals surface area contributed by atoms with Gasteiger partial charge in [-0.05, 0) is 61.9 Å². The van der Waals surface area contributed by atoms with Crippen molar-refractivity contribution in [1.29, 1.82) is 0 Å². The fourth-order valence-electron chi connectivity index (χ4n) is 6.53. The van der Waals surface area contributed by atoms with Crippen LogP contribution in [0.15, 0.2) is 71.3 Å². The van der Waals surface area contributed by atoms with E-state index in [1.807, 2.05) is 18.2 Å². The number of Topliss-reactive ketones (excluding diaryl/α,β-unsaturated/α-hetero) is 1. The molecule has 0 unspecified atom stereocenters. The Morgan fingerprint density at radius 2 is 1.90 bits per heavy atom. The number of ether oxygens (including phenoxy) is 1. The van der Waals surface area contributed by atoms with Crippen molar-refractivity contribution in [2.75, 3.05) is 18.5 Å². The van der Waals surface area contributed by atoms with Gasteiger partial charge in [0.15, 0.2) is 11.5 Å². The molecule has 4 atom stereocenters. The Labute approximate surface area is 277 Å². The van der Waals surface area contributed by atoms with Gasteiger partial charge in [-0.3, -0.25) is 19.2 Å². The Bertz CT molecular complexity index is 1730. The number of fused-ring (bicyclic) bond motifs is 2. The predicted molar refractivity (Wildman–Crippen MR) is 173 cm³/mol. The number of aryl methyl sites for hydroxylation is 1. The molecule has 11 nitrogen and oxygen atoms in total. The fourth-order valence-corrected chi connectivity index (χ4v) is 6.53. The molecule has 1 saturated heterocycles. The van der Waals surface area contributed by atoms with Gasteiger partial charge in [0.05, 0.1) is 24.1 Å². The van der Waals surface area contributed by atoms with Crippen LogP contribution in [0.3, 0.4) is 0 Å². The zero-order valence-corrected chi connectivity index (χ0v) is 27.3. The lowest BCUT2D eigenvalue weighted by Gasteiger charge is -2.29. The normalized spacial score (nSPS) is 19.8. The number of hydrogen-bond acceptors (Lipinski definition) is 8. The van der Waals surface area contributed by atoms with E-state index < -0.39 is 47.0 Å². The minimum Gasteiger partial charge on any atom is -0.463 e. The van der Waals surface area contributed by atoms with Crippen LogP contribution in [0.1, 0.15) is 61.0 Å². The molecule has 2 aliphatic rings. The van der Waals surface area contributed by atoms with E-state index in [4.69, 9.17) is 9.26 Å². The third kappa shape index (κ3) is 7.22. The molecule has 3 amide bonds. The molecule has 3 aromatic rings. The van der Waals surface area contributed by atoms with E-state index >= 15 is 0 Å². The number of ketones is 1. The topological polar surface area (TPSA) is 148 Å². The summed E-state index contributed by atoms with van der Waals surface area (Å²) in [6.45, 7) is 7.07.